The Hall–Kier alpha value is -0.871. The molecule has 1 heterocycles. The van der Waals surface area contributed by atoms with E-state index >= 15 is 0 Å². The smallest absolute Gasteiger partial charge is 0.0647 e. The van der Waals surface area contributed by atoms with Crippen molar-refractivity contribution in [3.63, 3.8) is 0 Å². The molecular weight excluding hydrogens is 438 g/mol. The number of pyridine rings is 1. The summed E-state index contributed by atoms with van der Waals surface area (Å²) in [5.41, 5.74) is 3.41. The van der Waals surface area contributed by atoms with Crippen LogP contribution < -0.4 is 4.74 Å². The van der Waals surface area contributed by atoms with Crippen molar-refractivity contribution in [3.8, 4) is 17.0 Å². The van der Waals surface area contributed by atoms with Gasteiger partial charge in [0, 0.05) is 44.4 Å². The first-order chi connectivity index (χ1) is 8.78. The van der Waals surface area contributed by atoms with Crippen molar-refractivity contribution in [2.24, 2.45) is 0 Å². The van der Waals surface area contributed by atoms with Crippen LogP contribution in [0, 0.1) is 6.07 Å². The van der Waals surface area contributed by atoms with Crippen molar-refractivity contribution in [2.75, 3.05) is 7.11 Å². The Labute approximate surface area is 131 Å². The van der Waals surface area contributed by atoms with Crippen molar-refractivity contribution in [2.45, 2.75) is 12.4 Å². The number of aliphatic hydroxyl groups excluding tert-OH is 1. The van der Waals surface area contributed by atoms with Crippen LogP contribution in [0.25, 0.3) is 11.3 Å². The Morgan fingerprint density at radius 3 is 2.84 bits per heavy atom. The van der Waals surface area contributed by atoms with Gasteiger partial charge in [-0.3, -0.25) is 0 Å². The second-order valence-electron chi connectivity index (χ2n) is 3.81. The van der Waals surface area contributed by atoms with Crippen molar-refractivity contribution in [3.05, 3.63) is 47.7 Å². The van der Waals surface area contributed by atoms with Crippen LogP contribution in [0.3, 0.4) is 0 Å². The minimum Gasteiger partial charge on any atom is -0.540 e. The number of methoxy groups -OCH3 is 1. The van der Waals surface area contributed by atoms with Gasteiger partial charge < -0.3 is 14.8 Å². The molecule has 0 saturated heterocycles. The summed E-state index contributed by atoms with van der Waals surface area (Å²) < 4.78 is 5.12. The molecular formula is C14H14IrNO2S-. The molecule has 0 saturated carbocycles. The molecule has 0 spiro atoms. The Kier molecular flexibility index (Phi) is 6.52. The van der Waals surface area contributed by atoms with E-state index in [-0.39, 0.29) is 26.7 Å². The monoisotopic (exact) mass is 453 g/mol. The molecule has 19 heavy (non-hydrogen) atoms. The number of nitrogens with zero attached hydrogens (tertiary/aromatic N) is 1. The van der Waals surface area contributed by atoms with E-state index in [1.807, 2.05) is 12.1 Å². The molecule has 0 fully saturated rings. The van der Waals surface area contributed by atoms with Crippen molar-refractivity contribution < 1.29 is 29.9 Å². The van der Waals surface area contributed by atoms with E-state index in [0.717, 1.165) is 22.4 Å². The van der Waals surface area contributed by atoms with Crippen LogP contribution in [0.1, 0.15) is 11.1 Å². The molecule has 0 atom stereocenters. The van der Waals surface area contributed by atoms with Gasteiger partial charge >= 0.3 is 0 Å². The predicted octanol–water partition coefficient (Wildman–Crippen LogP) is 2.48. The largest absolute Gasteiger partial charge is 0.540 e. The van der Waals surface area contributed by atoms with Gasteiger partial charge in [0.1, 0.15) is 0 Å². The number of hydrogen-bond donors (Lipinski definition) is 2. The third kappa shape index (κ3) is 3.80. The van der Waals surface area contributed by atoms with E-state index in [4.69, 9.17) is 4.74 Å². The van der Waals surface area contributed by atoms with Crippen molar-refractivity contribution in [1.82, 2.24) is 4.98 Å². The van der Waals surface area contributed by atoms with Gasteiger partial charge in [0.15, 0.2) is 0 Å². The standard InChI is InChI=1S/C14H14NO2S.Ir/c1-17-12-2-3-13(11(7-12)8-16)14-6-10(9-18)4-5-15-14;/h2,4-7,16,18H,8-9H2,1H3;/q-1;. The molecule has 0 amide bonds. The number of hydrogen-bond acceptors (Lipinski definition) is 4. The minimum atomic E-state index is -0.0736. The van der Waals surface area contributed by atoms with Crippen LogP contribution >= 0.6 is 12.6 Å². The number of benzene rings is 1. The van der Waals surface area contributed by atoms with Crippen molar-refractivity contribution >= 4 is 12.6 Å². The number of aliphatic hydroxyl groups is 1. The number of rotatable bonds is 4. The molecule has 1 N–H and O–H groups in total. The number of thiol groups is 1. The quantitative estimate of drug-likeness (QED) is 0.553. The van der Waals surface area contributed by atoms with Crippen LogP contribution in [-0.4, -0.2) is 17.2 Å². The molecule has 0 bridgehead atoms. The topological polar surface area (TPSA) is 42.4 Å². The SMILES string of the molecule is COc1c[c-]c(-c2cc(CS)ccn2)c(CO)c1.[Ir]. The van der Waals surface area contributed by atoms with Crippen LogP contribution in [0.2, 0.25) is 0 Å². The van der Waals surface area contributed by atoms with Crippen LogP contribution in [0.4, 0.5) is 0 Å². The minimum absolute atomic E-state index is 0. The third-order valence-electron chi connectivity index (χ3n) is 2.67. The molecule has 0 unspecified atom stereocenters. The summed E-state index contributed by atoms with van der Waals surface area (Å²) in [6.07, 6.45) is 1.74. The number of aromatic nitrogens is 1. The van der Waals surface area contributed by atoms with E-state index in [0.29, 0.717) is 11.5 Å². The maximum atomic E-state index is 9.41. The van der Waals surface area contributed by atoms with E-state index in [1.54, 1.807) is 25.4 Å². The van der Waals surface area contributed by atoms with E-state index < -0.39 is 0 Å². The molecule has 0 aliphatic heterocycles. The number of ether oxygens (including phenoxy) is 1. The van der Waals surface area contributed by atoms with E-state index in [2.05, 4.69) is 23.7 Å². The fraction of sp³-hybridized carbons (Fsp3) is 0.214. The van der Waals surface area contributed by atoms with Gasteiger partial charge in [0.05, 0.1) is 7.11 Å². The average molecular weight is 453 g/mol. The Bertz CT molecular complexity index is 549. The van der Waals surface area contributed by atoms with Gasteiger partial charge in [-0.15, -0.1) is 17.7 Å². The fourth-order valence-electron chi connectivity index (χ4n) is 1.71. The summed E-state index contributed by atoms with van der Waals surface area (Å²) in [6.45, 7) is -0.0736. The van der Waals surface area contributed by atoms with Crippen molar-refractivity contribution in [1.29, 1.82) is 0 Å². The molecule has 5 heteroatoms. The van der Waals surface area contributed by atoms with Crippen LogP contribution in [0.5, 0.6) is 5.75 Å². The average Bonchev–Trinajstić information content (AvgIpc) is 2.46. The zero-order valence-corrected chi connectivity index (χ0v) is 13.7. The first kappa shape index (κ1) is 16.2. The van der Waals surface area contributed by atoms with Gasteiger partial charge in [0.25, 0.3) is 0 Å². The summed E-state index contributed by atoms with van der Waals surface area (Å²) in [6, 6.07) is 10.5. The molecule has 0 aliphatic rings. The maximum Gasteiger partial charge on any atom is 0.0647 e. The van der Waals surface area contributed by atoms with Gasteiger partial charge in [-0.2, -0.15) is 12.6 Å². The maximum absolute atomic E-state index is 9.41. The first-order valence-electron chi connectivity index (χ1n) is 5.54. The predicted molar refractivity (Wildman–Crippen MR) is 73.7 cm³/mol. The van der Waals surface area contributed by atoms with Gasteiger partial charge in [-0.25, -0.2) is 0 Å². The Morgan fingerprint density at radius 1 is 1.42 bits per heavy atom. The zero-order chi connectivity index (χ0) is 13.0. The summed E-state index contributed by atoms with van der Waals surface area (Å²) >= 11 is 4.24. The zero-order valence-electron chi connectivity index (χ0n) is 10.4. The Balaban J connectivity index is 0.00000180. The van der Waals surface area contributed by atoms with E-state index in [1.165, 1.54) is 0 Å². The molecule has 2 rings (SSSR count). The summed E-state index contributed by atoms with van der Waals surface area (Å²) in [4.78, 5) is 4.30. The van der Waals surface area contributed by atoms with Gasteiger partial charge in [-0.05, 0) is 17.3 Å². The molecule has 1 radical (unpaired) electrons. The fourth-order valence-corrected chi connectivity index (χ4v) is 1.91. The molecule has 1 aromatic carbocycles. The van der Waals surface area contributed by atoms with Crippen LogP contribution in [-0.2, 0) is 32.5 Å². The second kappa shape index (κ2) is 7.65. The molecule has 1 aromatic heterocycles. The van der Waals surface area contributed by atoms with E-state index in [9.17, 15) is 5.11 Å². The third-order valence-corrected chi connectivity index (χ3v) is 3.03. The molecule has 2 aromatic rings. The summed E-state index contributed by atoms with van der Waals surface area (Å²) in [5.74, 6) is 1.33. The van der Waals surface area contributed by atoms with Gasteiger partial charge in [0.2, 0.25) is 0 Å². The molecule has 0 aliphatic carbocycles. The second-order valence-corrected chi connectivity index (χ2v) is 4.12. The molecule has 3 nitrogen and oxygen atoms in total. The van der Waals surface area contributed by atoms with Gasteiger partial charge in [-0.1, -0.05) is 17.7 Å². The Morgan fingerprint density at radius 2 is 2.21 bits per heavy atom. The van der Waals surface area contributed by atoms with Crippen LogP contribution in [0.15, 0.2) is 30.5 Å². The summed E-state index contributed by atoms with van der Waals surface area (Å²) in [7, 11) is 1.59. The normalized spacial score (nSPS) is 9.84. The summed E-state index contributed by atoms with van der Waals surface area (Å²) in [5, 5.41) is 9.41. The molecule has 103 valence electrons. The first-order valence-corrected chi connectivity index (χ1v) is 6.17.